The Bertz CT molecular complexity index is 634. The van der Waals surface area contributed by atoms with Gasteiger partial charge in [0.1, 0.15) is 5.82 Å². The van der Waals surface area contributed by atoms with Crippen molar-refractivity contribution in [1.82, 2.24) is 25.1 Å². The molecule has 7 nitrogen and oxygen atoms in total. The molecule has 2 saturated heterocycles. The largest absolute Gasteiger partial charge is 0.352 e. The van der Waals surface area contributed by atoms with Gasteiger partial charge in [-0.1, -0.05) is 0 Å². The number of hydrogen-bond donors (Lipinski definition) is 2. The first kappa shape index (κ1) is 17.5. The number of likely N-dealkylation sites (tertiary alicyclic amines) is 2. The third-order valence-corrected chi connectivity index (χ3v) is 6.24. The zero-order chi connectivity index (χ0) is 18.1. The van der Waals surface area contributed by atoms with Crippen molar-refractivity contribution in [3.05, 3.63) is 18.2 Å². The van der Waals surface area contributed by atoms with Gasteiger partial charge >= 0.3 is 0 Å². The first-order chi connectivity index (χ1) is 12.6. The SMILES string of the molecule is CC(=O)N1CCC(C(=O)N[C@H]2CN(Cc3ncc[nH]3)C[C@@H]2C2CC2)CC1. The van der Waals surface area contributed by atoms with E-state index >= 15 is 0 Å². The van der Waals surface area contributed by atoms with Gasteiger partial charge in [-0.15, -0.1) is 0 Å². The van der Waals surface area contributed by atoms with E-state index in [4.69, 9.17) is 0 Å². The average molecular weight is 359 g/mol. The van der Waals surface area contributed by atoms with Crippen molar-refractivity contribution < 1.29 is 9.59 Å². The number of rotatable bonds is 5. The molecule has 0 aromatic carbocycles. The molecule has 3 heterocycles. The Balaban J connectivity index is 1.32. The van der Waals surface area contributed by atoms with E-state index in [0.717, 1.165) is 44.2 Å². The molecular formula is C19H29N5O2. The highest BCUT2D eigenvalue weighted by atomic mass is 16.2. The van der Waals surface area contributed by atoms with Gasteiger partial charge in [-0.05, 0) is 37.5 Å². The second kappa shape index (κ2) is 7.39. The van der Waals surface area contributed by atoms with Gasteiger partial charge in [-0.3, -0.25) is 14.5 Å². The summed E-state index contributed by atoms with van der Waals surface area (Å²) in [4.78, 5) is 36.0. The van der Waals surface area contributed by atoms with Gasteiger partial charge in [0, 0.05) is 57.5 Å². The third-order valence-electron chi connectivity index (χ3n) is 6.24. The average Bonchev–Trinajstić information content (AvgIpc) is 3.21. The molecule has 1 aromatic heterocycles. The summed E-state index contributed by atoms with van der Waals surface area (Å²) >= 11 is 0. The van der Waals surface area contributed by atoms with Gasteiger partial charge in [0.2, 0.25) is 11.8 Å². The number of carbonyl (C=O) groups is 2. The van der Waals surface area contributed by atoms with E-state index in [1.807, 2.05) is 11.1 Å². The Morgan fingerprint density at radius 1 is 1.23 bits per heavy atom. The van der Waals surface area contributed by atoms with Crippen LogP contribution in [0.2, 0.25) is 0 Å². The minimum atomic E-state index is 0.0459. The summed E-state index contributed by atoms with van der Waals surface area (Å²) in [6, 6.07) is 0.246. The molecule has 0 spiro atoms. The summed E-state index contributed by atoms with van der Waals surface area (Å²) in [5.41, 5.74) is 0. The molecule has 4 rings (SSSR count). The van der Waals surface area contributed by atoms with E-state index in [0.29, 0.717) is 19.0 Å². The summed E-state index contributed by atoms with van der Waals surface area (Å²) in [5, 5.41) is 3.36. The number of aromatic nitrogens is 2. The second-order valence-electron chi connectivity index (χ2n) is 8.13. The van der Waals surface area contributed by atoms with Crippen molar-refractivity contribution in [3.8, 4) is 0 Å². The summed E-state index contributed by atoms with van der Waals surface area (Å²) in [5.74, 6) is 2.66. The van der Waals surface area contributed by atoms with Crippen molar-refractivity contribution >= 4 is 11.8 Å². The van der Waals surface area contributed by atoms with E-state index in [1.54, 1.807) is 13.1 Å². The molecule has 2 atom stereocenters. The van der Waals surface area contributed by atoms with Gasteiger partial charge in [0.05, 0.1) is 6.54 Å². The van der Waals surface area contributed by atoms with Crippen LogP contribution < -0.4 is 5.32 Å². The molecular weight excluding hydrogens is 330 g/mol. The number of nitrogens with one attached hydrogen (secondary N) is 2. The maximum Gasteiger partial charge on any atom is 0.223 e. The predicted octanol–water partition coefficient (Wildman–Crippen LogP) is 0.995. The highest BCUT2D eigenvalue weighted by Gasteiger charge is 2.43. The van der Waals surface area contributed by atoms with Crippen LogP contribution in [0.1, 0.15) is 38.4 Å². The number of carbonyl (C=O) groups excluding carboxylic acids is 2. The lowest BCUT2D eigenvalue weighted by Gasteiger charge is -2.31. The van der Waals surface area contributed by atoms with Crippen LogP contribution in [-0.4, -0.2) is 63.8 Å². The standard InChI is InChI=1S/C19H29N5O2/c1-13(25)24-8-4-15(5-9-24)19(26)22-17-11-23(10-16(17)14-2-3-14)12-18-20-6-7-21-18/h6-7,14-17H,2-5,8-12H2,1H3,(H,20,21)(H,22,26)/t16-,17+/m1/s1. The van der Waals surface area contributed by atoms with Crippen molar-refractivity contribution in [3.63, 3.8) is 0 Å². The Labute approximate surface area is 154 Å². The molecule has 0 bridgehead atoms. The quantitative estimate of drug-likeness (QED) is 0.822. The molecule has 142 valence electrons. The maximum atomic E-state index is 12.8. The molecule has 0 radical (unpaired) electrons. The Hall–Kier alpha value is -1.89. The van der Waals surface area contributed by atoms with Gasteiger partial charge in [0.25, 0.3) is 0 Å². The molecule has 1 aliphatic carbocycles. The molecule has 26 heavy (non-hydrogen) atoms. The summed E-state index contributed by atoms with van der Waals surface area (Å²) in [6.07, 6.45) is 7.79. The van der Waals surface area contributed by atoms with Crippen molar-refractivity contribution in [2.24, 2.45) is 17.8 Å². The van der Waals surface area contributed by atoms with Crippen LogP contribution in [0.4, 0.5) is 0 Å². The lowest BCUT2D eigenvalue weighted by molar-refractivity contribution is -0.134. The summed E-state index contributed by atoms with van der Waals surface area (Å²) in [6.45, 7) is 5.77. The van der Waals surface area contributed by atoms with Crippen LogP contribution in [0.3, 0.4) is 0 Å². The first-order valence-electron chi connectivity index (χ1n) is 9.86. The van der Waals surface area contributed by atoms with Crippen molar-refractivity contribution in [2.45, 2.75) is 45.2 Å². The number of piperidine rings is 1. The highest BCUT2D eigenvalue weighted by molar-refractivity contribution is 5.80. The summed E-state index contributed by atoms with van der Waals surface area (Å²) < 4.78 is 0. The molecule has 1 saturated carbocycles. The van der Waals surface area contributed by atoms with E-state index in [9.17, 15) is 9.59 Å². The second-order valence-corrected chi connectivity index (χ2v) is 8.13. The molecule has 2 amide bonds. The molecule has 3 aliphatic rings. The third kappa shape index (κ3) is 3.92. The molecule has 3 fully saturated rings. The Morgan fingerprint density at radius 2 is 2.00 bits per heavy atom. The van der Waals surface area contributed by atoms with Crippen LogP contribution >= 0.6 is 0 Å². The number of aromatic amines is 1. The number of hydrogen-bond acceptors (Lipinski definition) is 4. The highest BCUT2D eigenvalue weighted by Crippen LogP contribution is 2.41. The first-order valence-corrected chi connectivity index (χ1v) is 9.86. The zero-order valence-corrected chi connectivity index (χ0v) is 15.5. The Kier molecular flexibility index (Phi) is 4.98. The number of nitrogens with zero attached hydrogens (tertiary/aromatic N) is 3. The normalized spacial score (nSPS) is 27.7. The van der Waals surface area contributed by atoms with Crippen LogP contribution in [0.25, 0.3) is 0 Å². The smallest absolute Gasteiger partial charge is 0.223 e. The fourth-order valence-electron chi connectivity index (χ4n) is 4.55. The van der Waals surface area contributed by atoms with Crippen molar-refractivity contribution in [1.29, 1.82) is 0 Å². The minimum Gasteiger partial charge on any atom is -0.352 e. The molecule has 1 aromatic rings. The number of amides is 2. The maximum absolute atomic E-state index is 12.8. The van der Waals surface area contributed by atoms with Gasteiger partial charge < -0.3 is 15.2 Å². The molecule has 0 unspecified atom stereocenters. The van der Waals surface area contributed by atoms with E-state index < -0.39 is 0 Å². The van der Waals surface area contributed by atoms with Gasteiger partial charge in [0.15, 0.2) is 0 Å². The number of imidazole rings is 1. The fraction of sp³-hybridized carbons (Fsp3) is 0.737. The molecule has 7 heteroatoms. The van der Waals surface area contributed by atoms with Crippen LogP contribution in [0.15, 0.2) is 12.4 Å². The van der Waals surface area contributed by atoms with E-state index in [2.05, 4.69) is 20.2 Å². The van der Waals surface area contributed by atoms with Crippen molar-refractivity contribution in [2.75, 3.05) is 26.2 Å². The van der Waals surface area contributed by atoms with Gasteiger partial charge in [-0.25, -0.2) is 4.98 Å². The number of H-pyrrole nitrogens is 1. The monoisotopic (exact) mass is 359 g/mol. The predicted molar refractivity (Wildman–Crippen MR) is 97.0 cm³/mol. The molecule has 2 N–H and O–H groups in total. The zero-order valence-electron chi connectivity index (χ0n) is 15.5. The lowest BCUT2D eigenvalue weighted by atomic mass is 9.93. The van der Waals surface area contributed by atoms with Crippen LogP contribution in [-0.2, 0) is 16.1 Å². The lowest BCUT2D eigenvalue weighted by Crippen LogP contribution is -2.47. The van der Waals surface area contributed by atoms with E-state index in [-0.39, 0.29) is 23.8 Å². The van der Waals surface area contributed by atoms with E-state index in [1.165, 1.54) is 12.8 Å². The van der Waals surface area contributed by atoms with Crippen LogP contribution in [0, 0.1) is 17.8 Å². The minimum absolute atomic E-state index is 0.0459. The van der Waals surface area contributed by atoms with Crippen LogP contribution in [0.5, 0.6) is 0 Å². The molecule has 2 aliphatic heterocycles. The summed E-state index contributed by atoms with van der Waals surface area (Å²) in [7, 11) is 0. The van der Waals surface area contributed by atoms with Gasteiger partial charge in [-0.2, -0.15) is 0 Å². The Morgan fingerprint density at radius 3 is 2.62 bits per heavy atom. The fourth-order valence-corrected chi connectivity index (χ4v) is 4.55. The topological polar surface area (TPSA) is 81.3 Å².